The Balaban J connectivity index is 1.36. The van der Waals surface area contributed by atoms with Gasteiger partial charge in [-0.05, 0) is 35.4 Å². The van der Waals surface area contributed by atoms with Gasteiger partial charge in [0, 0.05) is 19.2 Å². The molecule has 2 saturated heterocycles. The van der Waals surface area contributed by atoms with Crippen molar-refractivity contribution >= 4 is 35.2 Å². The number of carbonyl (C=O) groups excluding carboxylic acids is 3. The van der Waals surface area contributed by atoms with Crippen LogP contribution in [-0.4, -0.2) is 104 Å². The van der Waals surface area contributed by atoms with Gasteiger partial charge in [0.15, 0.2) is 0 Å². The van der Waals surface area contributed by atoms with E-state index in [9.17, 15) is 19.5 Å². The summed E-state index contributed by atoms with van der Waals surface area (Å²) in [6.45, 7) is 0.531. The van der Waals surface area contributed by atoms with Gasteiger partial charge in [0.1, 0.15) is 18.0 Å². The molecular formula is C29H30N6O5S. The molecule has 11 nitrogen and oxygen atoms in total. The van der Waals surface area contributed by atoms with Crippen molar-refractivity contribution in [3.05, 3.63) is 83.7 Å². The Morgan fingerprint density at radius 2 is 1.98 bits per heavy atom. The summed E-state index contributed by atoms with van der Waals surface area (Å²) in [7, 11) is 1.30. The van der Waals surface area contributed by atoms with Crippen LogP contribution in [0, 0.1) is 0 Å². The number of ether oxygens (including phenoxy) is 1. The fraction of sp³-hybridized carbons (Fsp3) is 0.345. The number of aromatic hydroxyl groups is 1. The van der Waals surface area contributed by atoms with E-state index in [-0.39, 0.29) is 54.9 Å². The number of hydrogen-bond acceptors (Lipinski definition) is 9. The first-order valence-corrected chi connectivity index (χ1v) is 14.3. The number of aromatic nitrogens is 1. The monoisotopic (exact) mass is 574 g/mol. The zero-order valence-electron chi connectivity index (χ0n) is 22.4. The highest BCUT2D eigenvalue weighted by molar-refractivity contribution is 8.13. The predicted molar refractivity (Wildman–Crippen MR) is 153 cm³/mol. The van der Waals surface area contributed by atoms with Crippen LogP contribution in [0.3, 0.4) is 0 Å². The first-order valence-electron chi connectivity index (χ1n) is 13.4. The molecule has 6 rings (SSSR count). The summed E-state index contributed by atoms with van der Waals surface area (Å²) >= 11 is 1.65. The molecule has 212 valence electrons. The third-order valence-electron chi connectivity index (χ3n) is 7.74. The van der Waals surface area contributed by atoms with E-state index in [0.717, 1.165) is 11.1 Å². The largest absolute Gasteiger partial charge is 0.508 e. The fourth-order valence-corrected chi connectivity index (χ4v) is 6.73. The molecule has 4 aliphatic rings. The molecule has 3 amide bonds. The van der Waals surface area contributed by atoms with Gasteiger partial charge in [0.25, 0.3) is 0 Å². The number of phenols is 1. The molecule has 0 spiro atoms. The molecule has 1 N–H and O–H groups in total. The summed E-state index contributed by atoms with van der Waals surface area (Å²) in [6, 6.07) is 11.1. The Hall–Kier alpha value is -4.16. The molecule has 4 heterocycles. The minimum atomic E-state index is -0.855. The number of thioether (sulfide) groups is 1. The topological polar surface area (TPSA) is 119 Å². The van der Waals surface area contributed by atoms with E-state index in [1.165, 1.54) is 17.0 Å². The normalized spacial score (nSPS) is 25.7. The van der Waals surface area contributed by atoms with Crippen LogP contribution in [-0.2, 0) is 27.3 Å². The third kappa shape index (κ3) is 5.32. The molecule has 4 unspecified atom stereocenters. The second kappa shape index (κ2) is 11.4. The van der Waals surface area contributed by atoms with Crippen molar-refractivity contribution in [3.63, 3.8) is 0 Å². The van der Waals surface area contributed by atoms with Gasteiger partial charge < -0.3 is 19.6 Å². The maximum absolute atomic E-state index is 14.1. The van der Waals surface area contributed by atoms with E-state index in [1.807, 2.05) is 29.8 Å². The number of allylic oxidation sites excluding steroid dienone is 2. The maximum atomic E-state index is 14.1. The van der Waals surface area contributed by atoms with E-state index in [4.69, 9.17) is 4.74 Å². The van der Waals surface area contributed by atoms with Gasteiger partial charge in [-0.15, -0.1) is 11.8 Å². The number of rotatable bonds is 6. The second-order valence-electron chi connectivity index (χ2n) is 10.3. The van der Waals surface area contributed by atoms with Crippen molar-refractivity contribution in [2.75, 3.05) is 26.7 Å². The number of amides is 3. The van der Waals surface area contributed by atoms with Crippen molar-refractivity contribution in [3.8, 4) is 5.75 Å². The zero-order chi connectivity index (χ0) is 28.5. The summed E-state index contributed by atoms with van der Waals surface area (Å²) in [5.41, 5.74) is 4.32. The lowest BCUT2D eigenvalue weighted by Gasteiger charge is -2.54. The second-order valence-corrected chi connectivity index (χ2v) is 11.3. The quantitative estimate of drug-likeness (QED) is 0.558. The molecule has 0 saturated carbocycles. The number of piperazine rings is 1. The highest BCUT2D eigenvalue weighted by atomic mass is 32.2. The lowest BCUT2D eigenvalue weighted by atomic mass is 9.95. The van der Waals surface area contributed by atoms with E-state index >= 15 is 0 Å². The van der Waals surface area contributed by atoms with Crippen LogP contribution in [0.5, 0.6) is 5.75 Å². The molecule has 3 aliphatic heterocycles. The van der Waals surface area contributed by atoms with Crippen LogP contribution >= 0.6 is 11.8 Å². The van der Waals surface area contributed by atoms with Crippen LogP contribution in [0.15, 0.2) is 77.5 Å². The Bertz CT molecular complexity index is 1410. The van der Waals surface area contributed by atoms with E-state index in [2.05, 4.69) is 16.1 Å². The van der Waals surface area contributed by atoms with E-state index in [0.29, 0.717) is 12.2 Å². The van der Waals surface area contributed by atoms with Gasteiger partial charge in [-0.1, -0.05) is 36.4 Å². The van der Waals surface area contributed by atoms with Gasteiger partial charge in [0.2, 0.25) is 11.8 Å². The summed E-state index contributed by atoms with van der Waals surface area (Å²) in [6.07, 6.45) is 6.57. The Labute approximate surface area is 241 Å². The molecule has 1 aromatic carbocycles. The van der Waals surface area contributed by atoms with E-state index < -0.39 is 18.3 Å². The van der Waals surface area contributed by atoms with Crippen LogP contribution in [0.4, 0.5) is 4.79 Å². The highest BCUT2D eigenvalue weighted by Crippen LogP contribution is 2.34. The molecule has 2 fully saturated rings. The Kier molecular flexibility index (Phi) is 7.50. The number of methoxy groups -OCH3 is 1. The number of phenolic OH excluding ortho intramolecular Hbond substituents is 1. The smallest absolute Gasteiger partial charge is 0.426 e. The lowest BCUT2D eigenvalue weighted by molar-refractivity contribution is -0.195. The summed E-state index contributed by atoms with van der Waals surface area (Å²) in [5, 5.41) is 13.1. The molecule has 0 radical (unpaired) electrons. The number of nitrogens with zero attached hydrogens (tertiary/aromatic N) is 6. The number of benzene rings is 1. The van der Waals surface area contributed by atoms with Crippen molar-refractivity contribution in [2.24, 2.45) is 4.99 Å². The van der Waals surface area contributed by atoms with Gasteiger partial charge in [0.05, 0.1) is 49.3 Å². The summed E-state index contributed by atoms with van der Waals surface area (Å²) in [4.78, 5) is 53.4. The number of carbonyl (C=O) groups is 3. The maximum Gasteiger partial charge on any atom is 0.426 e. The number of hydrogen-bond donors (Lipinski definition) is 1. The van der Waals surface area contributed by atoms with Crippen LogP contribution in [0.2, 0.25) is 0 Å². The molecule has 0 bridgehead atoms. The third-order valence-corrected chi connectivity index (χ3v) is 8.72. The van der Waals surface area contributed by atoms with Gasteiger partial charge in [-0.3, -0.25) is 19.6 Å². The van der Waals surface area contributed by atoms with Crippen molar-refractivity contribution in [1.82, 2.24) is 24.8 Å². The number of aliphatic imine (C=N–C) groups is 1. The molecule has 4 atom stereocenters. The minimum absolute atomic E-state index is 0.0586. The van der Waals surface area contributed by atoms with Gasteiger partial charge in [-0.25, -0.2) is 9.80 Å². The molecule has 2 aromatic rings. The Morgan fingerprint density at radius 1 is 1.15 bits per heavy atom. The van der Waals surface area contributed by atoms with Crippen molar-refractivity contribution < 1.29 is 24.2 Å². The van der Waals surface area contributed by atoms with Crippen LogP contribution < -0.4 is 0 Å². The fourth-order valence-electron chi connectivity index (χ4n) is 5.82. The van der Waals surface area contributed by atoms with Gasteiger partial charge in [-0.2, -0.15) is 5.01 Å². The molecule has 1 aliphatic carbocycles. The lowest BCUT2D eigenvalue weighted by Crippen LogP contribution is -2.76. The first-order chi connectivity index (χ1) is 19.9. The predicted octanol–water partition coefficient (Wildman–Crippen LogP) is 2.20. The highest BCUT2D eigenvalue weighted by Gasteiger charge is 2.52. The number of hydrazine groups is 1. The van der Waals surface area contributed by atoms with Crippen molar-refractivity contribution in [2.45, 2.75) is 36.5 Å². The van der Waals surface area contributed by atoms with Crippen LogP contribution in [0.1, 0.15) is 11.3 Å². The average Bonchev–Trinajstić information content (AvgIpc) is 3.47. The summed E-state index contributed by atoms with van der Waals surface area (Å²) in [5.74, 6) is -0.354. The molecule has 41 heavy (non-hydrogen) atoms. The van der Waals surface area contributed by atoms with Crippen LogP contribution in [0.25, 0.3) is 0 Å². The average molecular weight is 575 g/mol. The standard InChI is InChI=1S/C29H30N6O5S/c1-40-29(39)35-25-16-32(14-20-5-4-7-24-27(20)31-18-41-24)28(38)23(13-19-8-10-22(36)11-9-19)34(25)26(37)17-33(35)15-21-6-2-3-12-30-21/h2-12,18,23-25,27,36H,13-17H2,1H3. The number of fused-ring (bicyclic) bond motifs is 2. The molecule has 12 heteroatoms. The SMILES string of the molecule is COC(=O)N1C2CN(CC3=CC=CC4SC=NC34)C(=O)C(Cc3ccc(O)cc3)N2C(=O)CN1Cc1ccccn1. The van der Waals surface area contributed by atoms with Crippen molar-refractivity contribution in [1.29, 1.82) is 0 Å². The molecular weight excluding hydrogens is 544 g/mol. The van der Waals surface area contributed by atoms with Gasteiger partial charge >= 0.3 is 6.09 Å². The minimum Gasteiger partial charge on any atom is -0.508 e. The molecule has 1 aromatic heterocycles. The zero-order valence-corrected chi connectivity index (χ0v) is 23.3. The first kappa shape index (κ1) is 27.0. The van der Waals surface area contributed by atoms with E-state index in [1.54, 1.807) is 58.2 Å². The number of pyridine rings is 1. The Morgan fingerprint density at radius 3 is 2.73 bits per heavy atom. The summed E-state index contributed by atoms with van der Waals surface area (Å²) < 4.78 is 5.19.